The summed E-state index contributed by atoms with van der Waals surface area (Å²) in [5.41, 5.74) is 7.24. The second-order valence-corrected chi connectivity index (χ2v) is 4.74. The number of ether oxygens (including phenoxy) is 2. The largest absolute Gasteiger partial charge is 0.493 e. The molecule has 1 aromatic carbocycles. The maximum Gasteiger partial charge on any atom is 0.161 e. The second kappa shape index (κ2) is 6.77. The molecule has 1 unspecified atom stereocenters. The van der Waals surface area contributed by atoms with Gasteiger partial charge in [0.05, 0.1) is 14.2 Å². The fraction of sp³-hybridized carbons (Fsp3) is 0.538. The summed E-state index contributed by atoms with van der Waals surface area (Å²) in [6, 6.07) is 4.24. The second-order valence-electron chi connectivity index (χ2n) is 3.89. The van der Waals surface area contributed by atoms with Crippen LogP contribution in [0.1, 0.15) is 18.9 Å². The Morgan fingerprint density at radius 1 is 1.24 bits per heavy atom. The first-order valence-electron chi connectivity index (χ1n) is 5.70. The average molecular weight is 255 g/mol. The Morgan fingerprint density at radius 2 is 1.82 bits per heavy atom. The third-order valence-corrected chi connectivity index (χ3v) is 3.61. The maximum atomic E-state index is 6.01. The first-order chi connectivity index (χ1) is 8.15. The van der Waals surface area contributed by atoms with E-state index in [0.717, 1.165) is 24.3 Å². The van der Waals surface area contributed by atoms with Gasteiger partial charge in [0.15, 0.2) is 11.5 Å². The van der Waals surface area contributed by atoms with Gasteiger partial charge < -0.3 is 15.2 Å². The van der Waals surface area contributed by atoms with Gasteiger partial charge in [-0.2, -0.15) is 0 Å². The van der Waals surface area contributed by atoms with E-state index in [2.05, 4.69) is 13.2 Å². The van der Waals surface area contributed by atoms with E-state index in [4.69, 9.17) is 15.2 Å². The molecule has 0 amide bonds. The summed E-state index contributed by atoms with van der Waals surface area (Å²) in [4.78, 5) is 1.20. The Labute approximate surface area is 108 Å². The molecule has 0 aliphatic heterocycles. The minimum atomic E-state index is 0.194. The van der Waals surface area contributed by atoms with Crippen LogP contribution in [0.4, 0.5) is 0 Å². The molecule has 2 N–H and O–H groups in total. The normalized spacial score (nSPS) is 12.3. The lowest BCUT2D eigenvalue weighted by atomic mass is 10.0. The topological polar surface area (TPSA) is 44.5 Å². The molecule has 0 bridgehead atoms. The molecule has 3 nitrogen and oxygen atoms in total. The molecule has 0 aliphatic carbocycles. The van der Waals surface area contributed by atoms with Crippen LogP contribution in [0.25, 0.3) is 0 Å². The number of thioether (sulfide) groups is 1. The molecule has 0 spiro atoms. The fourth-order valence-corrected chi connectivity index (χ4v) is 2.31. The molecule has 1 aromatic rings. The van der Waals surface area contributed by atoms with Gasteiger partial charge in [-0.15, -0.1) is 11.8 Å². The molecule has 17 heavy (non-hydrogen) atoms. The summed E-state index contributed by atoms with van der Waals surface area (Å²) in [5.74, 6) is 1.54. The van der Waals surface area contributed by atoms with E-state index in [1.54, 1.807) is 26.0 Å². The Balaban J connectivity index is 3.09. The van der Waals surface area contributed by atoms with Crippen molar-refractivity contribution in [2.75, 3.05) is 20.5 Å². The zero-order valence-corrected chi connectivity index (χ0v) is 11.8. The molecule has 0 radical (unpaired) electrons. The van der Waals surface area contributed by atoms with Gasteiger partial charge in [-0.3, -0.25) is 0 Å². The van der Waals surface area contributed by atoms with Crippen LogP contribution in [0.5, 0.6) is 11.5 Å². The summed E-state index contributed by atoms with van der Waals surface area (Å²) < 4.78 is 10.6. The minimum absolute atomic E-state index is 0.194. The van der Waals surface area contributed by atoms with E-state index in [1.165, 1.54) is 10.5 Å². The number of hydrogen-bond acceptors (Lipinski definition) is 4. The SMILES string of the molecule is CCC(N)Cc1cc(OC)c(OC)cc1SC. The monoisotopic (exact) mass is 255 g/mol. The standard InChI is InChI=1S/C13H21NO2S/c1-5-10(14)6-9-7-11(15-2)12(16-3)8-13(9)17-4/h7-8,10H,5-6,14H2,1-4H3. The van der Waals surface area contributed by atoms with E-state index >= 15 is 0 Å². The highest BCUT2D eigenvalue weighted by Gasteiger charge is 2.12. The maximum absolute atomic E-state index is 6.01. The first-order valence-corrected chi connectivity index (χ1v) is 6.93. The minimum Gasteiger partial charge on any atom is -0.493 e. The zero-order valence-electron chi connectivity index (χ0n) is 10.9. The summed E-state index contributed by atoms with van der Waals surface area (Å²) in [6.07, 6.45) is 3.90. The average Bonchev–Trinajstić information content (AvgIpc) is 2.37. The van der Waals surface area contributed by atoms with Crippen molar-refractivity contribution in [2.24, 2.45) is 5.73 Å². The van der Waals surface area contributed by atoms with Crippen LogP contribution in [-0.4, -0.2) is 26.5 Å². The summed E-state index contributed by atoms with van der Waals surface area (Å²) in [6.45, 7) is 2.10. The van der Waals surface area contributed by atoms with Gasteiger partial charge >= 0.3 is 0 Å². The van der Waals surface area contributed by atoms with Crippen molar-refractivity contribution in [1.82, 2.24) is 0 Å². The van der Waals surface area contributed by atoms with Crippen LogP contribution >= 0.6 is 11.8 Å². The van der Waals surface area contributed by atoms with Gasteiger partial charge in [0, 0.05) is 10.9 Å². The van der Waals surface area contributed by atoms with Gasteiger partial charge in [-0.25, -0.2) is 0 Å². The van der Waals surface area contributed by atoms with Gasteiger partial charge in [0.2, 0.25) is 0 Å². The lowest BCUT2D eigenvalue weighted by Gasteiger charge is -2.16. The molecular formula is C13H21NO2S. The number of methoxy groups -OCH3 is 2. The number of benzene rings is 1. The Kier molecular flexibility index (Phi) is 5.65. The lowest BCUT2D eigenvalue weighted by Crippen LogP contribution is -2.21. The van der Waals surface area contributed by atoms with Crippen LogP contribution < -0.4 is 15.2 Å². The van der Waals surface area contributed by atoms with Gasteiger partial charge in [0.1, 0.15) is 0 Å². The molecule has 96 valence electrons. The highest BCUT2D eigenvalue weighted by molar-refractivity contribution is 7.98. The highest BCUT2D eigenvalue weighted by atomic mass is 32.2. The van der Waals surface area contributed by atoms with E-state index in [0.29, 0.717) is 0 Å². The van der Waals surface area contributed by atoms with E-state index < -0.39 is 0 Å². The molecule has 0 saturated carbocycles. The molecule has 0 heterocycles. The molecule has 1 rings (SSSR count). The highest BCUT2D eigenvalue weighted by Crippen LogP contribution is 2.35. The van der Waals surface area contributed by atoms with Crippen molar-refractivity contribution in [3.63, 3.8) is 0 Å². The Bertz CT molecular complexity index is 369. The van der Waals surface area contributed by atoms with E-state index in [1.807, 2.05) is 12.1 Å². The third kappa shape index (κ3) is 3.54. The van der Waals surface area contributed by atoms with Gasteiger partial charge in [-0.05, 0) is 36.8 Å². The molecule has 0 aliphatic rings. The Morgan fingerprint density at radius 3 is 2.29 bits per heavy atom. The number of hydrogen-bond donors (Lipinski definition) is 1. The van der Waals surface area contributed by atoms with Crippen molar-refractivity contribution in [1.29, 1.82) is 0 Å². The van der Waals surface area contributed by atoms with Crippen LogP contribution in [0.15, 0.2) is 17.0 Å². The molecule has 1 atom stereocenters. The summed E-state index contributed by atoms with van der Waals surface area (Å²) in [7, 11) is 3.31. The third-order valence-electron chi connectivity index (χ3n) is 2.79. The van der Waals surface area contributed by atoms with Gasteiger partial charge in [-0.1, -0.05) is 6.92 Å². The molecular weight excluding hydrogens is 234 g/mol. The number of nitrogens with two attached hydrogens (primary N) is 1. The van der Waals surface area contributed by atoms with Crippen LogP contribution in [0, 0.1) is 0 Å². The molecule has 0 fully saturated rings. The summed E-state index contributed by atoms with van der Waals surface area (Å²) in [5, 5.41) is 0. The lowest BCUT2D eigenvalue weighted by molar-refractivity contribution is 0.353. The first kappa shape index (κ1) is 14.2. The Hall–Kier alpha value is -0.870. The fourth-order valence-electron chi connectivity index (χ4n) is 1.68. The predicted molar refractivity (Wildman–Crippen MR) is 73.3 cm³/mol. The quantitative estimate of drug-likeness (QED) is 0.794. The predicted octanol–water partition coefficient (Wildman–Crippen LogP) is 2.71. The van der Waals surface area contributed by atoms with Crippen molar-refractivity contribution in [3.8, 4) is 11.5 Å². The van der Waals surface area contributed by atoms with Crippen LogP contribution in [0.2, 0.25) is 0 Å². The van der Waals surface area contributed by atoms with E-state index in [9.17, 15) is 0 Å². The van der Waals surface area contributed by atoms with Gasteiger partial charge in [0.25, 0.3) is 0 Å². The summed E-state index contributed by atoms with van der Waals surface area (Å²) >= 11 is 1.71. The van der Waals surface area contributed by atoms with Crippen molar-refractivity contribution in [2.45, 2.75) is 30.7 Å². The zero-order chi connectivity index (χ0) is 12.8. The van der Waals surface area contributed by atoms with Crippen LogP contribution in [0.3, 0.4) is 0 Å². The van der Waals surface area contributed by atoms with Crippen molar-refractivity contribution >= 4 is 11.8 Å². The smallest absolute Gasteiger partial charge is 0.161 e. The van der Waals surface area contributed by atoms with Crippen molar-refractivity contribution < 1.29 is 9.47 Å². The van der Waals surface area contributed by atoms with Crippen LogP contribution in [-0.2, 0) is 6.42 Å². The molecule has 0 saturated heterocycles. The van der Waals surface area contributed by atoms with Crippen molar-refractivity contribution in [3.05, 3.63) is 17.7 Å². The number of rotatable bonds is 6. The molecule has 4 heteroatoms. The molecule has 0 aromatic heterocycles. The van der Waals surface area contributed by atoms with E-state index in [-0.39, 0.29) is 6.04 Å².